The van der Waals surface area contributed by atoms with Crippen molar-refractivity contribution in [3.05, 3.63) is 58.6 Å². The summed E-state index contributed by atoms with van der Waals surface area (Å²) in [6.45, 7) is 2.98. The van der Waals surface area contributed by atoms with Gasteiger partial charge in [-0.05, 0) is 43.2 Å². The Labute approximate surface area is 203 Å². The molecule has 9 heteroatoms. The highest BCUT2D eigenvalue weighted by Gasteiger charge is 2.30. The number of morpholine rings is 1. The van der Waals surface area contributed by atoms with E-state index in [0.29, 0.717) is 79.8 Å². The van der Waals surface area contributed by atoms with Crippen LogP contribution in [0.25, 0.3) is 0 Å². The summed E-state index contributed by atoms with van der Waals surface area (Å²) < 4.78 is 10.6. The molecule has 1 N–H and O–H groups in total. The van der Waals surface area contributed by atoms with Gasteiger partial charge in [-0.3, -0.25) is 14.4 Å². The van der Waals surface area contributed by atoms with Crippen molar-refractivity contribution in [1.29, 1.82) is 0 Å². The van der Waals surface area contributed by atoms with Crippen LogP contribution in [0.3, 0.4) is 0 Å². The van der Waals surface area contributed by atoms with Crippen LogP contribution in [-0.2, 0) is 9.53 Å². The van der Waals surface area contributed by atoms with Crippen molar-refractivity contribution in [1.82, 2.24) is 9.80 Å². The molecule has 2 aliphatic heterocycles. The van der Waals surface area contributed by atoms with Crippen LogP contribution < -0.4 is 10.1 Å². The van der Waals surface area contributed by atoms with Crippen LogP contribution in [0.4, 0.5) is 5.69 Å². The third-order valence-electron chi connectivity index (χ3n) is 6.26. The molecule has 0 bridgehead atoms. The predicted octanol–water partition coefficient (Wildman–Crippen LogP) is 3.31. The molecule has 0 unspecified atom stereocenters. The molecule has 2 fully saturated rings. The van der Waals surface area contributed by atoms with E-state index >= 15 is 0 Å². The zero-order chi connectivity index (χ0) is 24.1. The normalized spacial score (nSPS) is 16.8. The molecule has 0 radical (unpaired) electrons. The Kier molecular flexibility index (Phi) is 7.70. The molecule has 0 saturated carbocycles. The largest absolute Gasteiger partial charge is 0.496 e. The summed E-state index contributed by atoms with van der Waals surface area (Å²) in [6, 6.07) is 12.0. The lowest BCUT2D eigenvalue weighted by Gasteiger charge is -2.32. The number of hydrogen-bond donors (Lipinski definition) is 1. The van der Waals surface area contributed by atoms with Gasteiger partial charge in [0, 0.05) is 37.1 Å². The van der Waals surface area contributed by atoms with E-state index in [1.165, 1.54) is 7.11 Å². The number of halogens is 1. The van der Waals surface area contributed by atoms with Gasteiger partial charge in [-0.15, -0.1) is 0 Å². The number of amides is 3. The van der Waals surface area contributed by atoms with Crippen molar-refractivity contribution in [3.8, 4) is 5.75 Å². The zero-order valence-corrected chi connectivity index (χ0v) is 19.8. The van der Waals surface area contributed by atoms with E-state index in [0.717, 1.165) is 0 Å². The number of methoxy groups -OCH3 is 1. The highest BCUT2D eigenvalue weighted by atomic mass is 35.5. The fourth-order valence-corrected chi connectivity index (χ4v) is 4.48. The van der Waals surface area contributed by atoms with Gasteiger partial charge in [-0.25, -0.2) is 0 Å². The smallest absolute Gasteiger partial charge is 0.257 e. The van der Waals surface area contributed by atoms with E-state index in [1.807, 2.05) is 0 Å². The first-order chi connectivity index (χ1) is 16.5. The van der Waals surface area contributed by atoms with Crippen LogP contribution in [0.1, 0.15) is 33.6 Å². The Morgan fingerprint density at radius 2 is 1.59 bits per heavy atom. The molecule has 0 aliphatic carbocycles. The molecular weight excluding hydrogens is 458 g/mol. The quantitative estimate of drug-likeness (QED) is 0.702. The fraction of sp³-hybridized carbons (Fsp3) is 0.400. The molecule has 34 heavy (non-hydrogen) atoms. The minimum atomic E-state index is -0.253. The van der Waals surface area contributed by atoms with Gasteiger partial charge in [0.05, 0.1) is 37.1 Å². The molecule has 2 aromatic rings. The highest BCUT2D eigenvalue weighted by molar-refractivity contribution is 6.31. The Bertz CT molecular complexity index is 1060. The second-order valence-electron chi connectivity index (χ2n) is 8.35. The van der Waals surface area contributed by atoms with E-state index in [4.69, 9.17) is 21.1 Å². The summed E-state index contributed by atoms with van der Waals surface area (Å²) in [7, 11) is 1.51. The summed E-state index contributed by atoms with van der Waals surface area (Å²) in [4.78, 5) is 42.4. The first-order valence-corrected chi connectivity index (χ1v) is 11.8. The fourth-order valence-electron chi connectivity index (χ4n) is 4.31. The number of rotatable bonds is 5. The SMILES string of the molecule is COc1ccc(Cl)cc1C(=O)N1CCC(C(=O)Nc2ccccc2C(=O)N2CCOCC2)CC1. The third kappa shape index (κ3) is 5.34. The van der Waals surface area contributed by atoms with Gasteiger partial charge in [-0.1, -0.05) is 23.7 Å². The average molecular weight is 486 g/mol. The summed E-state index contributed by atoms with van der Waals surface area (Å²) in [6.07, 6.45) is 1.06. The molecule has 2 aromatic carbocycles. The first-order valence-electron chi connectivity index (χ1n) is 11.4. The number of para-hydroxylation sites is 1. The minimum absolute atomic E-state index is 0.116. The molecular formula is C25H28ClN3O5. The molecule has 3 amide bonds. The lowest BCUT2D eigenvalue weighted by molar-refractivity contribution is -0.121. The Morgan fingerprint density at radius 3 is 2.29 bits per heavy atom. The maximum absolute atomic E-state index is 13.0. The maximum Gasteiger partial charge on any atom is 0.257 e. The van der Waals surface area contributed by atoms with Crippen molar-refractivity contribution in [2.45, 2.75) is 12.8 Å². The number of carbonyl (C=O) groups excluding carboxylic acids is 3. The second kappa shape index (κ2) is 10.9. The Balaban J connectivity index is 1.38. The number of nitrogens with one attached hydrogen (secondary N) is 1. The van der Waals surface area contributed by atoms with Crippen molar-refractivity contribution in [2.75, 3.05) is 51.8 Å². The minimum Gasteiger partial charge on any atom is -0.496 e. The summed E-state index contributed by atoms with van der Waals surface area (Å²) in [5.74, 6) is -0.211. The van der Waals surface area contributed by atoms with Gasteiger partial charge in [-0.2, -0.15) is 0 Å². The van der Waals surface area contributed by atoms with Crippen LogP contribution in [-0.4, -0.2) is 74.0 Å². The van der Waals surface area contributed by atoms with Crippen LogP contribution in [0, 0.1) is 5.92 Å². The van der Waals surface area contributed by atoms with Crippen LogP contribution >= 0.6 is 11.6 Å². The van der Waals surface area contributed by atoms with E-state index < -0.39 is 0 Å². The topological polar surface area (TPSA) is 88.2 Å². The first kappa shape index (κ1) is 24.0. The highest BCUT2D eigenvalue weighted by Crippen LogP contribution is 2.27. The summed E-state index contributed by atoms with van der Waals surface area (Å²) >= 11 is 6.07. The molecule has 8 nitrogen and oxygen atoms in total. The van der Waals surface area contributed by atoms with E-state index in [1.54, 1.807) is 52.3 Å². The second-order valence-corrected chi connectivity index (χ2v) is 8.79. The van der Waals surface area contributed by atoms with Crippen molar-refractivity contribution in [3.63, 3.8) is 0 Å². The lowest BCUT2D eigenvalue weighted by Crippen LogP contribution is -2.42. The van der Waals surface area contributed by atoms with E-state index in [9.17, 15) is 14.4 Å². The van der Waals surface area contributed by atoms with Crippen molar-refractivity contribution >= 4 is 35.0 Å². The van der Waals surface area contributed by atoms with Crippen molar-refractivity contribution in [2.24, 2.45) is 5.92 Å². The number of likely N-dealkylation sites (tertiary alicyclic amines) is 1. The summed E-state index contributed by atoms with van der Waals surface area (Å²) in [5.41, 5.74) is 1.39. The molecule has 2 heterocycles. The number of piperidine rings is 1. The van der Waals surface area contributed by atoms with E-state index in [-0.39, 0.29) is 23.6 Å². The number of ether oxygens (including phenoxy) is 2. The molecule has 180 valence electrons. The lowest BCUT2D eigenvalue weighted by atomic mass is 9.95. The zero-order valence-electron chi connectivity index (χ0n) is 19.1. The third-order valence-corrected chi connectivity index (χ3v) is 6.49. The van der Waals surface area contributed by atoms with Gasteiger partial charge in [0.1, 0.15) is 5.75 Å². The predicted molar refractivity (Wildman–Crippen MR) is 128 cm³/mol. The van der Waals surface area contributed by atoms with Gasteiger partial charge in [0.2, 0.25) is 5.91 Å². The molecule has 4 rings (SSSR count). The Hall–Kier alpha value is -3.10. The van der Waals surface area contributed by atoms with E-state index in [2.05, 4.69) is 5.32 Å². The Morgan fingerprint density at radius 1 is 0.941 bits per heavy atom. The molecule has 0 atom stereocenters. The molecule has 2 aliphatic rings. The van der Waals surface area contributed by atoms with Gasteiger partial charge >= 0.3 is 0 Å². The van der Waals surface area contributed by atoms with Crippen molar-refractivity contribution < 1.29 is 23.9 Å². The van der Waals surface area contributed by atoms with Crippen LogP contribution in [0.2, 0.25) is 5.02 Å². The number of hydrogen-bond acceptors (Lipinski definition) is 5. The molecule has 2 saturated heterocycles. The standard InChI is InChI=1S/C25H28ClN3O5/c1-33-22-7-6-18(26)16-20(22)25(32)28-10-8-17(9-11-28)23(30)27-21-5-3-2-4-19(21)24(31)29-12-14-34-15-13-29/h2-7,16-17H,8-15H2,1H3,(H,27,30). The number of anilines is 1. The summed E-state index contributed by atoms with van der Waals surface area (Å²) in [5, 5.41) is 3.40. The monoisotopic (exact) mass is 485 g/mol. The molecule has 0 spiro atoms. The number of nitrogens with zero attached hydrogens (tertiary/aromatic N) is 2. The van der Waals surface area contributed by atoms with Gasteiger partial charge in [0.25, 0.3) is 11.8 Å². The molecule has 0 aromatic heterocycles. The number of benzene rings is 2. The number of carbonyl (C=O) groups is 3. The maximum atomic E-state index is 13.0. The van der Waals surface area contributed by atoms with Crippen LogP contribution in [0.15, 0.2) is 42.5 Å². The average Bonchev–Trinajstić information content (AvgIpc) is 2.88. The van der Waals surface area contributed by atoms with Crippen LogP contribution in [0.5, 0.6) is 5.75 Å². The van der Waals surface area contributed by atoms with Gasteiger partial charge < -0.3 is 24.6 Å². The van der Waals surface area contributed by atoms with Gasteiger partial charge in [0.15, 0.2) is 0 Å².